The number of hydrogen-bond donors (Lipinski definition) is 1. The van der Waals surface area contributed by atoms with Gasteiger partial charge in [-0.15, -0.1) is 0 Å². The Morgan fingerprint density at radius 2 is 2.26 bits per heavy atom. The van der Waals surface area contributed by atoms with Crippen molar-refractivity contribution in [1.29, 1.82) is 0 Å². The largest absolute Gasteiger partial charge is 0.491 e. The molecule has 2 aliphatic heterocycles. The van der Waals surface area contributed by atoms with Crippen LogP contribution in [0.4, 0.5) is 0 Å². The van der Waals surface area contributed by atoms with Gasteiger partial charge >= 0.3 is 0 Å². The van der Waals surface area contributed by atoms with Gasteiger partial charge in [0.05, 0.1) is 12.0 Å². The second-order valence-corrected chi connectivity index (χ2v) is 7.46. The first-order valence-electron chi connectivity index (χ1n) is 7.80. The van der Waals surface area contributed by atoms with Crippen molar-refractivity contribution < 1.29 is 19.4 Å². The Balaban J connectivity index is 1.56. The lowest BCUT2D eigenvalue weighted by molar-refractivity contribution is -0.142. The summed E-state index contributed by atoms with van der Waals surface area (Å²) in [5.74, 6) is 2.01. The number of ether oxygens (including phenoxy) is 1. The second-order valence-electron chi connectivity index (χ2n) is 6.35. The Bertz CT molecular complexity index is 612. The van der Waals surface area contributed by atoms with E-state index in [1.165, 1.54) is 4.90 Å². The summed E-state index contributed by atoms with van der Waals surface area (Å²) in [7, 11) is 0. The molecule has 2 fully saturated rings. The van der Waals surface area contributed by atoms with Crippen LogP contribution in [0.2, 0.25) is 0 Å². The highest BCUT2D eigenvalue weighted by atomic mass is 32.2. The molecular formula is C17H21NO4S. The zero-order chi connectivity index (χ0) is 16.4. The first kappa shape index (κ1) is 16.3. The number of carbonyl (C=O) groups excluding carboxylic acids is 2. The van der Waals surface area contributed by atoms with Crippen molar-refractivity contribution >= 4 is 23.6 Å². The predicted molar refractivity (Wildman–Crippen MR) is 88.4 cm³/mol. The summed E-state index contributed by atoms with van der Waals surface area (Å²) in [5.41, 5.74) is 0.557. The SMILES string of the molecule is Cc1cccc(OC[C@H](O)CN2C(=O)C[C@]3(CCSC3)C2=O)c1. The lowest BCUT2D eigenvalue weighted by Crippen LogP contribution is -2.41. The molecule has 3 rings (SSSR count). The molecule has 2 amide bonds. The average molecular weight is 335 g/mol. The van der Waals surface area contributed by atoms with Crippen molar-refractivity contribution in [3.05, 3.63) is 29.8 Å². The number of amides is 2. The number of carbonyl (C=O) groups is 2. The molecule has 2 aliphatic rings. The van der Waals surface area contributed by atoms with Crippen molar-refractivity contribution in [2.75, 3.05) is 24.7 Å². The molecular weight excluding hydrogens is 314 g/mol. The summed E-state index contributed by atoms with van der Waals surface area (Å²) in [6, 6.07) is 7.54. The number of likely N-dealkylation sites (tertiary alicyclic amines) is 1. The molecule has 1 aromatic carbocycles. The van der Waals surface area contributed by atoms with Gasteiger partial charge in [-0.25, -0.2) is 0 Å². The maximum atomic E-state index is 12.5. The van der Waals surface area contributed by atoms with E-state index in [4.69, 9.17) is 4.74 Å². The predicted octanol–water partition coefficient (Wildman–Crippen LogP) is 1.62. The van der Waals surface area contributed by atoms with Crippen LogP contribution in [0.3, 0.4) is 0 Å². The van der Waals surface area contributed by atoms with Crippen LogP contribution in [0, 0.1) is 12.3 Å². The topological polar surface area (TPSA) is 66.8 Å². The van der Waals surface area contributed by atoms with Crippen molar-refractivity contribution in [3.63, 3.8) is 0 Å². The Kier molecular flexibility index (Phi) is 4.64. The zero-order valence-corrected chi connectivity index (χ0v) is 14.0. The van der Waals surface area contributed by atoms with Crippen LogP contribution < -0.4 is 4.74 Å². The monoisotopic (exact) mass is 335 g/mol. The van der Waals surface area contributed by atoms with Crippen molar-refractivity contribution in [3.8, 4) is 5.75 Å². The highest BCUT2D eigenvalue weighted by Gasteiger charge is 2.53. The fraction of sp³-hybridized carbons (Fsp3) is 0.529. The Hall–Kier alpha value is -1.53. The van der Waals surface area contributed by atoms with Gasteiger partial charge in [0.2, 0.25) is 11.8 Å². The van der Waals surface area contributed by atoms with E-state index in [0.29, 0.717) is 11.5 Å². The van der Waals surface area contributed by atoms with Crippen LogP contribution in [0.1, 0.15) is 18.4 Å². The van der Waals surface area contributed by atoms with E-state index in [-0.39, 0.29) is 31.4 Å². The van der Waals surface area contributed by atoms with Gasteiger partial charge in [0.1, 0.15) is 18.5 Å². The summed E-state index contributed by atoms with van der Waals surface area (Å²) in [4.78, 5) is 25.9. The Morgan fingerprint density at radius 3 is 2.96 bits per heavy atom. The summed E-state index contributed by atoms with van der Waals surface area (Å²) >= 11 is 1.72. The van der Waals surface area contributed by atoms with Crippen molar-refractivity contribution in [2.45, 2.75) is 25.9 Å². The molecule has 6 heteroatoms. The number of thioether (sulfide) groups is 1. The van der Waals surface area contributed by atoms with Crippen LogP contribution in [0.15, 0.2) is 24.3 Å². The molecule has 2 saturated heterocycles. The van der Waals surface area contributed by atoms with Crippen molar-refractivity contribution in [2.24, 2.45) is 5.41 Å². The molecule has 0 aromatic heterocycles. The Labute approximate surface area is 140 Å². The number of aliphatic hydroxyl groups is 1. The van der Waals surface area contributed by atoms with Gasteiger partial charge in [0.25, 0.3) is 0 Å². The first-order valence-corrected chi connectivity index (χ1v) is 8.96. The molecule has 0 bridgehead atoms. The van der Waals surface area contributed by atoms with Crippen LogP contribution in [-0.4, -0.2) is 52.6 Å². The van der Waals surface area contributed by atoms with Crippen LogP contribution >= 0.6 is 11.8 Å². The maximum Gasteiger partial charge on any atom is 0.236 e. The smallest absolute Gasteiger partial charge is 0.236 e. The van der Waals surface area contributed by atoms with Crippen LogP contribution in [-0.2, 0) is 9.59 Å². The fourth-order valence-corrected chi connectivity index (χ4v) is 4.56. The molecule has 0 radical (unpaired) electrons. The fourth-order valence-electron chi connectivity index (χ4n) is 3.12. The molecule has 2 heterocycles. The number of rotatable bonds is 5. The average Bonchev–Trinajstić information content (AvgIpc) is 3.07. The molecule has 0 saturated carbocycles. The number of benzene rings is 1. The summed E-state index contributed by atoms with van der Waals surface area (Å²) in [6.45, 7) is 2.03. The van der Waals surface area contributed by atoms with E-state index >= 15 is 0 Å². The number of nitrogens with zero attached hydrogens (tertiary/aromatic N) is 1. The normalized spacial score (nSPS) is 25.4. The van der Waals surface area contributed by atoms with E-state index in [0.717, 1.165) is 17.7 Å². The van der Waals surface area contributed by atoms with E-state index in [2.05, 4.69) is 0 Å². The quantitative estimate of drug-likeness (QED) is 0.828. The van der Waals surface area contributed by atoms with Gasteiger partial charge in [-0.05, 0) is 36.8 Å². The van der Waals surface area contributed by atoms with Gasteiger partial charge in [0.15, 0.2) is 0 Å². The summed E-state index contributed by atoms with van der Waals surface area (Å²) in [5, 5.41) is 10.1. The molecule has 5 nitrogen and oxygen atoms in total. The van der Waals surface area contributed by atoms with Gasteiger partial charge < -0.3 is 9.84 Å². The highest BCUT2D eigenvalue weighted by molar-refractivity contribution is 7.99. The molecule has 0 aliphatic carbocycles. The summed E-state index contributed by atoms with van der Waals surface area (Å²) < 4.78 is 5.54. The maximum absolute atomic E-state index is 12.5. The van der Waals surface area contributed by atoms with Crippen LogP contribution in [0.5, 0.6) is 5.75 Å². The second kappa shape index (κ2) is 6.53. The number of β-amino-alcohol motifs (C(OH)–C–C–N with tert-alkyl or cyclic N) is 1. The molecule has 0 unspecified atom stereocenters. The first-order chi connectivity index (χ1) is 11.0. The molecule has 1 N–H and O–H groups in total. The van der Waals surface area contributed by atoms with E-state index in [1.54, 1.807) is 11.8 Å². The third-order valence-corrected chi connectivity index (χ3v) is 5.67. The minimum atomic E-state index is -0.882. The van der Waals surface area contributed by atoms with E-state index in [9.17, 15) is 14.7 Å². The minimum Gasteiger partial charge on any atom is -0.491 e. The zero-order valence-electron chi connectivity index (χ0n) is 13.2. The third kappa shape index (κ3) is 3.38. The lowest BCUT2D eigenvalue weighted by atomic mass is 9.86. The van der Waals surface area contributed by atoms with E-state index in [1.807, 2.05) is 31.2 Å². The molecule has 2 atom stereocenters. The standard InChI is InChI=1S/C17H21NO4S/c1-12-3-2-4-14(7-12)22-10-13(19)9-18-15(20)8-17(16(18)21)5-6-23-11-17/h2-4,7,13,19H,5-6,8-11H2,1H3/t13-,17+/m1/s1. The molecule has 1 aromatic rings. The lowest BCUT2D eigenvalue weighted by Gasteiger charge is -2.22. The van der Waals surface area contributed by atoms with Gasteiger partial charge in [0, 0.05) is 12.2 Å². The number of imide groups is 1. The third-order valence-electron chi connectivity index (χ3n) is 4.42. The molecule has 1 spiro atoms. The van der Waals surface area contributed by atoms with Gasteiger partial charge in [-0.3, -0.25) is 14.5 Å². The summed E-state index contributed by atoms with van der Waals surface area (Å²) in [6.07, 6.45) is 0.159. The number of aliphatic hydroxyl groups excluding tert-OH is 1. The number of aryl methyl sites for hydroxylation is 1. The van der Waals surface area contributed by atoms with Crippen molar-refractivity contribution in [1.82, 2.24) is 4.90 Å². The minimum absolute atomic E-state index is 0.00982. The van der Waals surface area contributed by atoms with Gasteiger partial charge in [-0.2, -0.15) is 11.8 Å². The van der Waals surface area contributed by atoms with Crippen LogP contribution in [0.25, 0.3) is 0 Å². The Morgan fingerprint density at radius 1 is 1.43 bits per heavy atom. The molecule has 23 heavy (non-hydrogen) atoms. The van der Waals surface area contributed by atoms with Gasteiger partial charge in [-0.1, -0.05) is 12.1 Å². The number of hydrogen-bond acceptors (Lipinski definition) is 5. The molecule has 124 valence electrons. The van der Waals surface area contributed by atoms with E-state index < -0.39 is 11.5 Å². The highest BCUT2D eigenvalue weighted by Crippen LogP contribution is 2.44.